The predicted molar refractivity (Wildman–Crippen MR) is 467 cm³/mol. The van der Waals surface area contributed by atoms with Crippen molar-refractivity contribution in [2.75, 3.05) is 159 Å². The van der Waals surface area contributed by atoms with Crippen molar-refractivity contribution in [3.8, 4) is 22.3 Å². The summed E-state index contributed by atoms with van der Waals surface area (Å²) in [6.45, 7) is 5.44. The summed E-state index contributed by atoms with van der Waals surface area (Å²) in [6, 6.07) is 31.2. The van der Waals surface area contributed by atoms with Gasteiger partial charge in [-0.05, 0) is 58.4 Å². The number of fused-ring (bicyclic) bond motifs is 6. The molecule has 730 valence electrons. The molecule has 4 aromatic rings. The van der Waals surface area contributed by atoms with E-state index in [0.717, 1.165) is 56.3 Å². The maximum atomic E-state index is 13.5. The first-order chi connectivity index (χ1) is 63.4. The van der Waals surface area contributed by atoms with Gasteiger partial charge >= 0.3 is 11.9 Å². The molecule has 6 heterocycles. The Kier molecular flexibility index (Phi) is 40.6. The molecular weight excluding hydrogens is 1740 g/mol. The Morgan fingerprint density at radius 2 is 0.611 bits per heavy atom. The molecule has 0 bridgehead atoms. The van der Waals surface area contributed by atoms with E-state index in [1.807, 2.05) is 67.6 Å². The lowest BCUT2D eigenvalue weighted by Gasteiger charge is -2.51. The third kappa shape index (κ3) is 24.8. The van der Waals surface area contributed by atoms with Crippen molar-refractivity contribution >= 4 is 46.5 Å². The highest BCUT2D eigenvalue weighted by molar-refractivity contribution is 8.14. The fourth-order valence-electron chi connectivity index (χ4n) is 18.8. The van der Waals surface area contributed by atoms with Crippen LogP contribution in [0.15, 0.2) is 97.1 Å². The minimum atomic E-state index is -1.14. The van der Waals surface area contributed by atoms with E-state index in [9.17, 15) is 28.8 Å². The maximum absolute atomic E-state index is 13.5. The maximum Gasteiger partial charge on any atom is 0.306 e. The van der Waals surface area contributed by atoms with E-state index in [2.05, 4.69) is 52.3 Å². The van der Waals surface area contributed by atoms with Crippen molar-refractivity contribution < 1.29 is 161 Å². The van der Waals surface area contributed by atoms with E-state index in [1.54, 1.807) is 14.0 Å². The number of nitrogens with two attached hydrogens (primary N) is 1. The van der Waals surface area contributed by atoms with Gasteiger partial charge in [0.2, 0.25) is 17.7 Å². The SMILES string of the molecule is COCC1OC(NC(=O)CCC(=O)OCC2c3ccccc3-c3ccccc32)C(OC)C(OC)C1OC1OC(COC)C(OC2OC(C)C(N)C(OC)C2OC)C(OC)C1OC.COCC1OC(NC(=O)CCC(=O)OCC2c3ccccc3-c3ccccc32)C(OC)C(OC)C1OC1OC(COC)C(OC2OC(C)[C@@H](NC(=O)CSC(C)=O)C(OC)C2OC)C(OC)C1OC. The van der Waals surface area contributed by atoms with Crippen LogP contribution in [0.25, 0.3) is 22.3 Å². The molecule has 0 saturated carbocycles. The number of ether oxygens (including phenoxy) is 28. The van der Waals surface area contributed by atoms with Gasteiger partial charge < -0.3 is 154 Å². The van der Waals surface area contributed by atoms with Crippen LogP contribution in [0.4, 0.5) is 0 Å². The van der Waals surface area contributed by atoms with Crippen molar-refractivity contribution in [1.29, 1.82) is 0 Å². The van der Waals surface area contributed by atoms with Crippen molar-refractivity contribution in [2.45, 2.75) is 242 Å². The minimum Gasteiger partial charge on any atom is -0.465 e. The molecule has 0 aromatic heterocycles. The molecule has 4 aromatic carbocycles. The standard InChI is InChI=1S/C48H68N2O18S.C44H64N2O16/c1-25-37(49-35(53)24-69-26(2)51)40(57-5)44(61-9)47(64-25)67-39-33(23-56-4)66-48(45(62-10)42(39)59-7)68-38-32(22-55-3)65-46(43(60-8)41(38)58-6)50-34(52)19-20-36(54)63-21-31-29-17-13-11-15-27(29)28-16-12-14-18-30(28)31;1-23-33(45)36(51-4)40(55-8)43(58-23)61-35-30(22-50-3)60-44(41(56-9)38(35)53-6)62-34-29(21-49-2)59-42(39(54-7)37(34)52-5)46-31(47)18-19-32(48)57-20-28-26-16-12-10-14-24(26)25-15-11-13-17-27(25)28/h11-18,25,31-33,37-48H,19-24H2,1-10H3,(H,49,53)(H,50,52);10-17,23,28-30,33-44H,18-22,45H2,1-9H3,(H,46,47)/t25?,32?,33?,37-,38?,39?,40?,41?,42?,43?,44?,45?,46?,47?,48?;/m1./s1. The number of rotatable bonds is 43. The molecule has 6 aliphatic heterocycles. The highest BCUT2D eigenvalue weighted by Gasteiger charge is 2.59. The number of methoxy groups -OCH3 is 16. The summed E-state index contributed by atoms with van der Waals surface area (Å²) >= 11 is 0.895. The topological polar surface area (TPSA) is 423 Å². The van der Waals surface area contributed by atoms with E-state index in [0.29, 0.717) is 0 Å². The number of hydrogen-bond acceptors (Lipinski definition) is 36. The Morgan fingerprint density at radius 3 is 0.931 bits per heavy atom. The van der Waals surface area contributed by atoms with E-state index >= 15 is 0 Å². The lowest BCUT2D eigenvalue weighted by molar-refractivity contribution is -0.374. The molecule has 3 amide bonds. The molecule has 8 aliphatic rings. The van der Waals surface area contributed by atoms with Gasteiger partial charge in [-0.25, -0.2) is 0 Å². The number of carbonyl (C=O) groups excluding carboxylic acids is 6. The molecule has 0 spiro atoms. The largest absolute Gasteiger partial charge is 0.465 e. The number of thioether (sulfide) groups is 1. The molecule has 5 N–H and O–H groups in total. The Balaban J connectivity index is 0.000000254. The smallest absolute Gasteiger partial charge is 0.306 e. The van der Waals surface area contributed by atoms with Crippen LogP contribution >= 0.6 is 11.8 Å². The molecule has 39 heteroatoms. The zero-order valence-corrected chi connectivity index (χ0v) is 78.7. The molecular formula is C92H132N4O34S. The highest BCUT2D eigenvalue weighted by Crippen LogP contribution is 2.47. The van der Waals surface area contributed by atoms with Gasteiger partial charge in [0.05, 0.1) is 69.3 Å². The fourth-order valence-corrected chi connectivity index (χ4v) is 19.2. The van der Waals surface area contributed by atoms with Crippen molar-refractivity contribution in [3.05, 3.63) is 119 Å². The number of carbonyl (C=O) groups is 6. The third-order valence-electron chi connectivity index (χ3n) is 25.1. The number of hydrogen-bond donors (Lipinski definition) is 4. The Morgan fingerprint density at radius 1 is 0.321 bits per heavy atom. The average Bonchev–Trinajstić information content (AvgIpc) is 1.75. The van der Waals surface area contributed by atoms with E-state index in [-0.39, 0.29) is 93.9 Å². The second-order valence-corrected chi connectivity index (χ2v) is 33.9. The second kappa shape index (κ2) is 50.8. The first kappa shape index (κ1) is 105. The molecule has 12 rings (SSSR count). The van der Waals surface area contributed by atoms with Crippen molar-refractivity contribution in [2.24, 2.45) is 5.73 Å². The van der Waals surface area contributed by atoms with Gasteiger partial charge in [-0.1, -0.05) is 109 Å². The van der Waals surface area contributed by atoms with Gasteiger partial charge in [-0.3, -0.25) is 28.8 Å². The molecule has 38 nitrogen and oxygen atoms in total. The summed E-state index contributed by atoms with van der Waals surface area (Å²) in [6.07, 6.45) is -24.4. The molecule has 6 fully saturated rings. The third-order valence-corrected chi connectivity index (χ3v) is 25.9. The average molecular weight is 1870 g/mol. The van der Waals surface area contributed by atoms with E-state index in [1.165, 1.54) is 114 Å². The summed E-state index contributed by atoms with van der Waals surface area (Å²) in [5.74, 6) is -2.56. The lowest BCUT2D eigenvalue weighted by Crippen LogP contribution is -2.69. The number of nitrogens with one attached hydrogen (secondary N) is 3. The first-order valence-corrected chi connectivity index (χ1v) is 44.7. The quantitative estimate of drug-likeness (QED) is 0.0450. The monoisotopic (exact) mass is 1870 g/mol. The molecule has 0 radical (unpaired) electrons. The molecule has 131 heavy (non-hydrogen) atoms. The van der Waals surface area contributed by atoms with Gasteiger partial charge in [-0.15, -0.1) is 0 Å². The van der Waals surface area contributed by atoms with E-state index in [4.69, 9.17) is 138 Å². The van der Waals surface area contributed by atoms with Gasteiger partial charge in [-0.2, -0.15) is 0 Å². The van der Waals surface area contributed by atoms with Gasteiger partial charge in [0, 0.05) is 145 Å². The lowest BCUT2D eigenvalue weighted by atomic mass is 9.94. The number of esters is 2. The molecule has 29 unspecified atom stereocenters. The zero-order chi connectivity index (χ0) is 94.3. The van der Waals surface area contributed by atoms with Gasteiger partial charge in [0.15, 0.2) is 42.7 Å². The van der Waals surface area contributed by atoms with Crippen LogP contribution in [0.1, 0.15) is 80.5 Å². The summed E-state index contributed by atoms with van der Waals surface area (Å²) in [5.41, 5.74) is 15.3. The summed E-state index contributed by atoms with van der Waals surface area (Å²) < 4.78 is 170. The van der Waals surface area contributed by atoms with Crippen molar-refractivity contribution in [3.63, 3.8) is 0 Å². The van der Waals surface area contributed by atoms with Gasteiger partial charge in [0.1, 0.15) is 135 Å². The fraction of sp³-hybridized carbons (Fsp3) is 0.674. The number of benzene rings is 4. The Bertz CT molecular complexity index is 4170. The Hall–Kier alpha value is -6.83. The molecule has 2 aliphatic carbocycles. The van der Waals surface area contributed by atoms with Crippen LogP contribution in [0.2, 0.25) is 0 Å². The highest BCUT2D eigenvalue weighted by atomic mass is 32.2. The van der Waals surface area contributed by atoms with Crippen LogP contribution < -0.4 is 21.7 Å². The molecule has 30 atom stereocenters. The summed E-state index contributed by atoms with van der Waals surface area (Å²) in [7, 11) is 24.0. The second-order valence-electron chi connectivity index (χ2n) is 32.7. The van der Waals surface area contributed by atoms with Crippen LogP contribution in [-0.4, -0.2) is 378 Å². The molecule has 6 saturated heterocycles. The Labute approximate surface area is 769 Å². The van der Waals surface area contributed by atoms with Crippen LogP contribution in [0.3, 0.4) is 0 Å². The number of amides is 3. The van der Waals surface area contributed by atoms with Crippen molar-refractivity contribution in [1.82, 2.24) is 16.0 Å². The van der Waals surface area contributed by atoms with Gasteiger partial charge in [0.25, 0.3) is 0 Å². The van der Waals surface area contributed by atoms with Crippen LogP contribution in [-0.2, 0) is 161 Å². The minimum absolute atomic E-state index is 0.00564. The summed E-state index contributed by atoms with van der Waals surface area (Å²) in [4.78, 5) is 77.2. The normalized spacial score (nSPS) is 33.3. The zero-order valence-electron chi connectivity index (χ0n) is 77.9. The van der Waals surface area contributed by atoms with Crippen LogP contribution in [0, 0.1) is 0 Å². The van der Waals surface area contributed by atoms with Crippen LogP contribution in [0.5, 0.6) is 0 Å². The predicted octanol–water partition coefficient (Wildman–Crippen LogP) is 4.26. The first-order valence-electron chi connectivity index (χ1n) is 43.7. The summed E-state index contributed by atoms with van der Waals surface area (Å²) in [5, 5.41) is 8.46. The van der Waals surface area contributed by atoms with E-state index < -0.39 is 208 Å².